The second kappa shape index (κ2) is 5.11. The highest BCUT2D eigenvalue weighted by Crippen LogP contribution is 2.16. The van der Waals surface area contributed by atoms with E-state index in [4.69, 9.17) is 0 Å². The Bertz CT molecular complexity index is 423. The van der Waals surface area contributed by atoms with Crippen LogP contribution in [0.15, 0.2) is 24.3 Å². The summed E-state index contributed by atoms with van der Waals surface area (Å²) in [4.78, 5) is 14.1. The van der Waals surface area contributed by atoms with Gasteiger partial charge in [-0.1, -0.05) is 29.8 Å². The van der Waals surface area contributed by atoms with E-state index in [9.17, 15) is 4.79 Å². The second-order valence-electron chi connectivity index (χ2n) is 5.79. The minimum atomic E-state index is -0.0842. The van der Waals surface area contributed by atoms with Gasteiger partial charge >= 0.3 is 0 Å². The summed E-state index contributed by atoms with van der Waals surface area (Å²) in [5, 5.41) is 3.41. The first-order chi connectivity index (χ1) is 8.46. The van der Waals surface area contributed by atoms with Crippen LogP contribution in [0, 0.1) is 6.92 Å². The predicted octanol–water partition coefficient (Wildman–Crippen LogP) is 2.10. The fraction of sp³-hybridized carbons (Fsp3) is 0.533. The van der Waals surface area contributed by atoms with Gasteiger partial charge in [-0.15, -0.1) is 0 Å². The van der Waals surface area contributed by atoms with Crippen molar-refractivity contribution in [1.82, 2.24) is 10.2 Å². The Labute approximate surface area is 109 Å². The molecule has 98 valence electrons. The molecule has 1 fully saturated rings. The SMILES string of the molecule is Cc1ccc(CN2CCNC(C)(C)CC2=O)cc1. The maximum atomic E-state index is 12.2. The van der Waals surface area contributed by atoms with Crippen LogP contribution in [0.5, 0.6) is 0 Å². The number of benzene rings is 1. The van der Waals surface area contributed by atoms with Crippen LogP contribution in [0.2, 0.25) is 0 Å². The third-order valence-electron chi connectivity index (χ3n) is 3.43. The number of carbonyl (C=O) groups excluding carboxylic acids is 1. The highest BCUT2D eigenvalue weighted by atomic mass is 16.2. The fourth-order valence-electron chi connectivity index (χ4n) is 2.29. The van der Waals surface area contributed by atoms with Crippen molar-refractivity contribution < 1.29 is 4.79 Å². The molecule has 0 saturated carbocycles. The van der Waals surface area contributed by atoms with Crippen molar-refractivity contribution in [3.8, 4) is 0 Å². The standard InChI is InChI=1S/C15H22N2O/c1-12-4-6-13(7-5-12)11-17-9-8-16-15(2,3)10-14(17)18/h4-7,16H,8-11H2,1-3H3. The highest BCUT2D eigenvalue weighted by Gasteiger charge is 2.28. The zero-order chi connectivity index (χ0) is 13.2. The predicted molar refractivity (Wildman–Crippen MR) is 73.3 cm³/mol. The number of hydrogen-bond acceptors (Lipinski definition) is 2. The first kappa shape index (κ1) is 13.1. The van der Waals surface area contributed by atoms with Crippen molar-refractivity contribution in [2.24, 2.45) is 0 Å². The molecule has 0 atom stereocenters. The van der Waals surface area contributed by atoms with Gasteiger partial charge in [0.25, 0.3) is 0 Å². The van der Waals surface area contributed by atoms with Crippen molar-refractivity contribution in [2.75, 3.05) is 13.1 Å². The Morgan fingerprint density at radius 3 is 2.61 bits per heavy atom. The van der Waals surface area contributed by atoms with Gasteiger partial charge in [0.2, 0.25) is 5.91 Å². The van der Waals surface area contributed by atoms with Gasteiger partial charge in [-0.05, 0) is 26.3 Å². The van der Waals surface area contributed by atoms with Crippen LogP contribution in [0.1, 0.15) is 31.4 Å². The molecule has 1 aromatic rings. The molecule has 0 unspecified atom stereocenters. The molecule has 1 aromatic carbocycles. The molecule has 0 radical (unpaired) electrons. The Balaban J connectivity index is 2.04. The van der Waals surface area contributed by atoms with Crippen molar-refractivity contribution in [1.29, 1.82) is 0 Å². The van der Waals surface area contributed by atoms with E-state index < -0.39 is 0 Å². The zero-order valence-corrected chi connectivity index (χ0v) is 11.5. The molecule has 3 nitrogen and oxygen atoms in total. The van der Waals surface area contributed by atoms with Crippen molar-refractivity contribution >= 4 is 5.91 Å². The lowest BCUT2D eigenvalue weighted by Gasteiger charge is -2.23. The summed E-state index contributed by atoms with van der Waals surface area (Å²) < 4.78 is 0. The van der Waals surface area contributed by atoms with Crippen LogP contribution in [-0.2, 0) is 11.3 Å². The van der Waals surface area contributed by atoms with E-state index in [-0.39, 0.29) is 11.4 Å². The lowest BCUT2D eigenvalue weighted by atomic mass is 10.0. The highest BCUT2D eigenvalue weighted by molar-refractivity contribution is 5.77. The fourth-order valence-corrected chi connectivity index (χ4v) is 2.29. The van der Waals surface area contributed by atoms with Gasteiger partial charge < -0.3 is 10.2 Å². The molecule has 0 bridgehead atoms. The zero-order valence-electron chi connectivity index (χ0n) is 11.5. The van der Waals surface area contributed by atoms with Gasteiger partial charge in [0, 0.05) is 31.6 Å². The molecular formula is C15H22N2O. The Morgan fingerprint density at radius 2 is 1.94 bits per heavy atom. The molecule has 1 aliphatic heterocycles. The summed E-state index contributed by atoms with van der Waals surface area (Å²) in [6.45, 7) is 8.62. The average Bonchev–Trinajstić information content (AvgIpc) is 2.41. The smallest absolute Gasteiger partial charge is 0.224 e. The van der Waals surface area contributed by atoms with Crippen LogP contribution in [-0.4, -0.2) is 29.4 Å². The van der Waals surface area contributed by atoms with E-state index in [0.717, 1.165) is 19.6 Å². The second-order valence-corrected chi connectivity index (χ2v) is 5.79. The maximum Gasteiger partial charge on any atom is 0.224 e. The molecule has 0 spiro atoms. The molecule has 0 aromatic heterocycles. The number of amides is 1. The van der Waals surface area contributed by atoms with Crippen molar-refractivity contribution in [2.45, 2.75) is 39.3 Å². The maximum absolute atomic E-state index is 12.2. The number of hydrogen-bond donors (Lipinski definition) is 1. The molecule has 1 amide bonds. The van der Waals surface area contributed by atoms with Crippen LogP contribution >= 0.6 is 0 Å². The lowest BCUT2D eigenvalue weighted by molar-refractivity contribution is -0.131. The number of rotatable bonds is 2. The molecule has 2 rings (SSSR count). The molecule has 0 aliphatic carbocycles. The monoisotopic (exact) mass is 246 g/mol. The van der Waals surface area contributed by atoms with Gasteiger partial charge in [-0.2, -0.15) is 0 Å². The lowest BCUT2D eigenvalue weighted by Crippen LogP contribution is -2.39. The summed E-state index contributed by atoms with van der Waals surface area (Å²) in [5.41, 5.74) is 2.37. The molecule has 3 heteroatoms. The van der Waals surface area contributed by atoms with Gasteiger partial charge in [-0.3, -0.25) is 4.79 Å². The van der Waals surface area contributed by atoms with Crippen LogP contribution in [0.25, 0.3) is 0 Å². The van der Waals surface area contributed by atoms with Crippen LogP contribution < -0.4 is 5.32 Å². The first-order valence-corrected chi connectivity index (χ1v) is 6.55. The Morgan fingerprint density at radius 1 is 1.28 bits per heavy atom. The quantitative estimate of drug-likeness (QED) is 0.866. The minimum absolute atomic E-state index is 0.0842. The van der Waals surface area contributed by atoms with Gasteiger partial charge in [0.05, 0.1) is 0 Å². The van der Waals surface area contributed by atoms with E-state index in [0.29, 0.717) is 6.42 Å². The van der Waals surface area contributed by atoms with Crippen LogP contribution in [0.4, 0.5) is 0 Å². The first-order valence-electron chi connectivity index (χ1n) is 6.55. The van der Waals surface area contributed by atoms with E-state index in [1.807, 2.05) is 4.90 Å². The minimum Gasteiger partial charge on any atom is -0.337 e. The summed E-state index contributed by atoms with van der Waals surface area (Å²) in [7, 11) is 0. The topological polar surface area (TPSA) is 32.3 Å². The van der Waals surface area contributed by atoms with E-state index in [1.165, 1.54) is 11.1 Å². The number of nitrogens with one attached hydrogen (secondary N) is 1. The van der Waals surface area contributed by atoms with E-state index in [1.54, 1.807) is 0 Å². The normalized spacial score (nSPS) is 19.7. The van der Waals surface area contributed by atoms with Gasteiger partial charge in [0.1, 0.15) is 0 Å². The summed E-state index contributed by atoms with van der Waals surface area (Å²) in [6.07, 6.45) is 0.568. The summed E-state index contributed by atoms with van der Waals surface area (Å²) in [5.74, 6) is 0.241. The Kier molecular flexibility index (Phi) is 3.71. The molecule has 1 heterocycles. The molecule has 18 heavy (non-hydrogen) atoms. The van der Waals surface area contributed by atoms with E-state index in [2.05, 4.69) is 50.4 Å². The van der Waals surface area contributed by atoms with Crippen molar-refractivity contribution in [3.63, 3.8) is 0 Å². The average molecular weight is 246 g/mol. The van der Waals surface area contributed by atoms with Gasteiger partial charge in [0.15, 0.2) is 0 Å². The largest absolute Gasteiger partial charge is 0.337 e. The summed E-state index contributed by atoms with van der Waals surface area (Å²) in [6, 6.07) is 8.40. The molecular weight excluding hydrogens is 224 g/mol. The number of carbonyl (C=O) groups is 1. The number of aryl methyl sites for hydroxylation is 1. The van der Waals surface area contributed by atoms with Crippen LogP contribution in [0.3, 0.4) is 0 Å². The van der Waals surface area contributed by atoms with E-state index >= 15 is 0 Å². The third kappa shape index (κ3) is 3.33. The third-order valence-corrected chi connectivity index (χ3v) is 3.43. The van der Waals surface area contributed by atoms with Crippen molar-refractivity contribution in [3.05, 3.63) is 35.4 Å². The molecule has 1 aliphatic rings. The number of nitrogens with zero attached hydrogens (tertiary/aromatic N) is 1. The molecule has 1 saturated heterocycles. The summed E-state index contributed by atoms with van der Waals surface area (Å²) >= 11 is 0. The van der Waals surface area contributed by atoms with Gasteiger partial charge in [-0.25, -0.2) is 0 Å². The molecule has 1 N–H and O–H groups in total. The Hall–Kier alpha value is -1.35.